The lowest BCUT2D eigenvalue weighted by atomic mass is 9.87. The van der Waals surface area contributed by atoms with Crippen molar-refractivity contribution in [2.24, 2.45) is 0 Å². The van der Waals surface area contributed by atoms with Gasteiger partial charge in [0.05, 0.1) is 30.0 Å². The smallest absolute Gasteiger partial charge is 0.227 e. The fourth-order valence-corrected chi connectivity index (χ4v) is 6.34. The average molecular weight is 591 g/mol. The predicted molar refractivity (Wildman–Crippen MR) is 176 cm³/mol. The van der Waals surface area contributed by atoms with Crippen LogP contribution in [0.25, 0.3) is 0 Å². The summed E-state index contributed by atoms with van der Waals surface area (Å²) in [5.74, 6) is -0.160. The highest BCUT2D eigenvalue weighted by molar-refractivity contribution is 5.83. The standard InChI is InChI=1S/C38H46N4O2/c1-5-34(28-11-7-6-8-12-28)37(44)41-23-27-16-17-30(31(21-27)26-43)24-42(25-33-22-32(18-20-39-33)38(2,3)4)35-15-9-13-29-14-10-19-40-36(29)35/h6-8,10-12,14,16-22,34-35,43H,5,9,13,15,23-26H2,1-4H3,(H,41,44)/t34-,35-/m0/s1. The molecule has 0 spiro atoms. The lowest BCUT2D eigenvalue weighted by Gasteiger charge is -2.35. The van der Waals surface area contributed by atoms with Gasteiger partial charge >= 0.3 is 0 Å². The lowest BCUT2D eigenvalue weighted by Crippen LogP contribution is -2.32. The van der Waals surface area contributed by atoms with E-state index in [1.54, 1.807) is 0 Å². The molecule has 0 saturated heterocycles. The second-order valence-corrected chi connectivity index (χ2v) is 13.0. The maximum atomic E-state index is 13.1. The Bertz CT molecular complexity index is 1550. The Kier molecular flexibility index (Phi) is 10.2. The number of benzene rings is 2. The minimum absolute atomic E-state index is 0.0213. The summed E-state index contributed by atoms with van der Waals surface area (Å²) in [5, 5.41) is 13.6. The molecule has 6 nitrogen and oxygen atoms in total. The van der Waals surface area contributed by atoms with Crippen LogP contribution in [0.5, 0.6) is 0 Å². The maximum Gasteiger partial charge on any atom is 0.227 e. The third-order valence-corrected chi connectivity index (χ3v) is 8.86. The Labute approximate surface area is 262 Å². The zero-order valence-corrected chi connectivity index (χ0v) is 26.6. The van der Waals surface area contributed by atoms with Crippen LogP contribution in [-0.4, -0.2) is 25.9 Å². The molecule has 2 aromatic carbocycles. The molecule has 0 aliphatic heterocycles. The van der Waals surface area contributed by atoms with Crippen LogP contribution >= 0.6 is 0 Å². The summed E-state index contributed by atoms with van der Waals surface area (Å²) in [4.78, 5) is 25.2. The van der Waals surface area contributed by atoms with Crippen LogP contribution in [-0.2, 0) is 42.9 Å². The van der Waals surface area contributed by atoms with Gasteiger partial charge < -0.3 is 10.4 Å². The summed E-state index contributed by atoms with van der Waals surface area (Å²) >= 11 is 0. The third-order valence-electron chi connectivity index (χ3n) is 8.86. The van der Waals surface area contributed by atoms with Gasteiger partial charge in [-0.05, 0) is 82.7 Å². The number of aliphatic hydroxyl groups excluding tert-OH is 1. The number of nitrogens with zero attached hydrogens (tertiary/aromatic N) is 3. The number of amides is 1. The summed E-state index contributed by atoms with van der Waals surface area (Å²) in [6.07, 6.45) is 7.75. The lowest BCUT2D eigenvalue weighted by molar-refractivity contribution is -0.122. The van der Waals surface area contributed by atoms with Crippen LogP contribution in [0.3, 0.4) is 0 Å². The van der Waals surface area contributed by atoms with Crippen molar-refractivity contribution in [2.75, 3.05) is 0 Å². The second-order valence-electron chi connectivity index (χ2n) is 13.0. The molecule has 6 heteroatoms. The minimum atomic E-state index is -0.182. The van der Waals surface area contributed by atoms with Gasteiger partial charge in [-0.2, -0.15) is 0 Å². The molecule has 0 fully saturated rings. The molecular formula is C38H46N4O2. The van der Waals surface area contributed by atoms with Crippen molar-refractivity contribution in [2.45, 2.75) is 97.0 Å². The fourth-order valence-electron chi connectivity index (χ4n) is 6.34. The van der Waals surface area contributed by atoms with E-state index in [1.807, 2.05) is 61.8 Å². The fraction of sp³-hybridized carbons (Fsp3) is 0.395. The summed E-state index contributed by atoms with van der Waals surface area (Å²) in [7, 11) is 0. The van der Waals surface area contributed by atoms with Crippen molar-refractivity contribution < 1.29 is 9.90 Å². The summed E-state index contributed by atoms with van der Waals surface area (Å²) < 4.78 is 0. The van der Waals surface area contributed by atoms with Gasteiger partial charge in [-0.3, -0.25) is 19.7 Å². The highest BCUT2D eigenvalue weighted by Crippen LogP contribution is 2.35. The Morgan fingerprint density at radius 2 is 1.80 bits per heavy atom. The first-order chi connectivity index (χ1) is 21.3. The van der Waals surface area contributed by atoms with Crippen molar-refractivity contribution in [1.82, 2.24) is 20.2 Å². The molecule has 2 atom stereocenters. The summed E-state index contributed by atoms with van der Waals surface area (Å²) in [5.41, 5.74) is 8.77. The molecule has 0 radical (unpaired) electrons. The highest BCUT2D eigenvalue weighted by Gasteiger charge is 2.29. The molecule has 44 heavy (non-hydrogen) atoms. The molecule has 0 saturated carbocycles. The van der Waals surface area contributed by atoms with E-state index in [-0.39, 0.29) is 29.9 Å². The normalized spacial score (nSPS) is 15.5. The van der Waals surface area contributed by atoms with E-state index in [1.165, 1.54) is 11.1 Å². The monoisotopic (exact) mass is 590 g/mol. The first-order valence-corrected chi connectivity index (χ1v) is 15.9. The Balaban J connectivity index is 1.38. The van der Waals surface area contributed by atoms with E-state index < -0.39 is 0 Å². The van der Waals surface area contributed by atoms with E-state index in [2.05, 4.69) is 61.3 Å². The first kappa shape index (κ1) is 31.6. The molecule has 5 rings (SSSR count). The third kappa shape index (κ3) is 7.61. The number of hydrogen-bond donors (Lipinski definition) is 2. The van der Waals surface area contributed by atoms with Gasteiger partial charge in [-0.1, -0.05) is 82.3 Å². The number of fused-ring (bicyclic) bond motifs is 1. The van der Waals surface area contributed by atoms with Crippen molar-refractivity contribution in [3.63, 3.8) is 0 Å². The van der Waals surface area contributed by atoms with Crippen LogP contribution in [0.1, 0.15) is 104 Å². The van der Waals surface area contributed by atoms with E-state index in [4.69, 9.17) is 9.97 Å². The van der Waals surface area contributed by atoms with Crippen molar-refractivity contribution in [3.8, 4) is 0 Å². The molecule has 230 valence electrons. The van der Waals surface area contributed by atoms with Crippen molar-refractivity contribution in [3.05, 3.63) is 130 Å². The molecule has 1 aliphatic carbocycles. The predicted octanol–water partition coefficient (Wildman–Crippen LogP) is 7.16. The molecule has 2 aromatic heterocycles. The number of carbonyl (C=O) groups is 1. The Morgan fingerprint density at radius 3 is 2.55 bits per heavy atom. The van der Waals surface area contributed by atoms with Crippen LogP contribution in [0.2, 0.25) is 0 Å². The number of aryl methyl sites for hydroxylation is 1. The van der Waals surface area contributed by atoms with Crippen LogP contribution < -0.4 is 5.32 Å². The summed E-state index contributed by atoms with van der Waals surface area (Å²) in [6, 6.07) is 24.9. The van der Waals surface area contributed by atoms with Crippen molar-refractivity contribution in [1.29, 1.82) is 0 Å². The highest BCUT2D eigenvalue weighted by atomic mass is 16.3. The SMILES string of the molecule is CC[C@H](C(=O)NCc1ccc(CN(Cc2cc(C(C)(C)C)ccn2)[C@H]2CCCc3cccnc32)c(CO)c1)c1ccccc1. The van der Waals surface area contributed by atoms with Gasteiger partial charge in [0.15, 0.2) is 0 Å². The number of aromatic nitrogens is 2. The van der Waals surface area contributed by atoms with Crippen LogP contribution in [0.15, 0.2) is 85.2 Å². The topological polar surface area (TPSA) is 78.4 Å². The number of nitrogens with one attached hydrogen (secondary N) is 1. The van der Waals surface area contributed by atoms with E-state index in [0.717, 1.165) is 59.3 Å². The number of carbonyl (C=O) groups excluding carboxylic acids is 1. The average Bonchev–Trinajstić information content (AvgIpc) is 3.04. The van der Waals surface area contributed by atoms with E-state index in [9.17, 15) is 9.90 Å². The van der Waals surface area contributed by atoms with Gasteiger partial charge in [-0.15, -0.1) is 0 Å². The van der Waals surface area contributed by atoms with E-state index in [0.29, 0.717) is 19.6 Å². The summed E-state index contributed by atoms with van der Waals surface area (Å²) in [6.45, 7) is 10.4. The molecule has 1 aliphatic rings. The number of hydrogen-bond acceptors (Lipinski definition) is 5. The molecule has 2 heterocycles. The van der Waals surface area contributed by atoms with Gasteiger partial charge in [0.1, 0.15) is 0 Å². The van der Waals surface area contributed by atoms with Gasteiger partial charge in [0.25, 0.3) is 0 Å². The maximum absolute atomic E-state index is 13.1. The Morgan fingerprint density at radius 1 is 0.977 bits per heavy atom. The zero-order valence-electron chi connectivity index (χ0n) is 26.6. The Hall–Kier alpha value is -3.87. The minimum Gasteiger partial charge on any atom is -0.392 e. The molecule has 4 aromatic rings. The zero-order chi connectivity index (χ0) is 31.1. The van der Waals surface area contributed by atoms with E-state index >= 15 is 0 Å². The van der Waals surface area contributed by atoms with Gasteiger partial charge in [0.2, 0.25) is 5.91 Å². The number of pyridine rings is 2. The van der Waals surface area contributed by atoms with Gasteiger partial charge in [0, 0.05) is 32.0 Å². The molecular weight excluding hydrogens is 544 g/mol. The second kappa shape index (κ2) is 14.3. The molecule has 0 unspecified atom stereocenters. The molecule has 2 N–H and O–H groups in total. The van der Waals surface area contributed by atoms with Crippen LogP contribution in [0, 0.1) is 0 Å². The van der Waals surface area contributed by atoms with Crippen LogP contribution in [0.4, 0.5) is 0 Å². The number of aliphatic hydroxyl groups is 1. The van der Waals surface area contributed by atoms with Gasteiger partial charge in [-0.25, -0.2) is 0 Å². The largest absolute Gasteiger partial charge is 0.392 e. The van der Waals surface area contributed by atoms with Crippen molar-refractivity contribution >= 4 is 5.91 Å². The first-order valence-electron chi connectivity index (χ1n) is 15.9. The molecule has 1 amide bonds. The number of rotatable bonds is 11. The quantitative estimate of drug-likeness (QED) is 0.194. The molecule has 0 bridgehead atoms.